The first-order valence-electron chi connectivity index (χ1n) is 18.6. The van der Waals surface area contributed by atoms with E-state index in [1.165, 1.54) is 38.5 Å². The summed E-state index contributed by atoms with van der Waals surface area (Å²) in [6, 6.07) is 0. The highest BCUT2D eigenvalue weighted by Gasteiger charge is 2.60. The molecule has 0 bridgehead atoms. The molecule has 0 aromatic heterocycles. The molecule has 276 valence electrons. The van der Waals surface area contributed by atoms with E-state index in [4.69, 9.17) is 28.4 Å². The summed E-state index contributed by atoms with van der Waals surface area (Å²) in [5, 5.41) is 12.0. The molecule has 0 aromatic rings. The second-order valence-corrected chi connectivity index (χ2v) is 15.4. The van der Waals surface area contributed by atoms with Crippen molar-refractivity contribution in [2.24, 2.45) is 46.3 Å². The summed E-state index contributed by atoms with van der Waals surface area (Å²) in [6.07, 6.45) is 11.6. The first kappa shape index (κ1) is 39.0. The Balaban J connectivity index is 1.07. The molecule has 1 amide bonds. The van der Waals surface area contributed by atoms with E-state index in [1.807, 2.05) is 0 Å². The van der Waals surface area contributed by atoms with E-state index in [1.54, 1.807) is 7.11 Å². The fourth-order valence-corrected chi connectivity index (χ4v) is 10.3. The van der Waals surface area contributed by atoms with Crippen LogP contribution >= 0.6 is 0 Å². The van der Waals surface area contributed by atoms with Crippen molar-refractivity contribution >= 4 is 17.8 Å². The van der Waals surface area contributed by atoms with Gasteiger partial charge in [-0.15, -0.1) is 0 Å². The highest BCUT2D eigenvalue weighted by molar-refractivity contribution is 5.77. The molecule has 4 aliphatic rings. The van der Waals surface area contributed by atoms with Crippen LogP contribution < -0.4 is 5.32 Å². The number of aliphatic carboxylic acids is 1. The second-order valence-electron chi connectivity index (χ2n) is 15.4. The molecule has 4 rings (SSSR count). The third kappa shape index (κ3) is 10.4. The minimum atomic E-state index is -0.675. The maximum atomic E-state index is 12.6. The molecule has 0 heterocycles. The Labute approximate surface area is 287 Å². The fraction of sp³-hybridized carbons (Fsp3) is 0.919. The first-order valence-corrected chi connectivity index (χ1v) is 18.6. The number of carboxylic acid groups (broad SMARTS) is 1. The number of ether oxygens (including phenoxy) is 6. The number of hydrogen-bond acceptors (Lipinski definition) is 9. The van der Waals surface area contributed by atoms with Crippen molar-refractivity contribution in [3.63, 3.8) is 0 Å². The van der Waals surface area contributed by atoms with Crippen LogP contribution in [-0.2, 0) is 42.8 Å². The van der Waals surface area contributed by atoms with Gasteiger partial charge < -0.3 is 38.8 Å². The lowest BCUT2D eigenvalue weighted by Crippen LogP contribution is -2.54. The van der Waals surface area contributed by atoms with E-state index >= 15 is 0 Å². The zero-order chi connectivity index (χ0) is 34.6. The van der Waals surface area contributed by atoms with Crippen LogP contribution in [0, 0.1) is 46.3 Å². The molecule has 0 saturated heterocycles. The third-order valence-corrected chi connectivity index (χ3v) is 12.7. The van der Waals surface area contributed by atoms with Crippen molar-refractivity contribution in [1.82, 2.24) is 5.32 Å². The average Bonchev–Trinajstić information content (AvgIpc) is 3.42. The van der Waals surface area contributed by atoms with Gasteiger partial charge in [0.2, 0.25) is 5.91 Å². The number of nitrogens with one attached hydrogen (secondary N) is 1. The summed E-state index contributed by atoms with van der Waals surface area (Å²) < 4.78 is 32.3. The van der Waals surface area contributed by atoms with Gasteiger partial charge in [-0.1, -0.05) is 20.8 Å². The summed E-state index contributed by atoms with van der Waals surface area (Å²) in [6.45, 7) is 10.3. The Bertz CT molecular complexity index is 1030. The predicted octanol–water partition coefficient (Wildman–Crippen LogP) is 4.89. The molecule has 4 fully saturated rings. The fourth-order valence-electron chi connectivity index (χ4n) is 10.3. The summed E-state index contributed by atoms with van der Waals surface area (Å²) >= 11 is 0. The largest absolute Gasteiger partial charge is 0.481 e. The lowest BCUT2D eigenvalue weighted by atomic mass is 9.44. The summed E-state index contributed by atoms with van der Waals surface area (Å²) in [5.41, 5.74) is 0.644. The molecule has 0 radical (unpaired) electrons. The zero-order valence-corrected chi connectivity index (χ0v) is 30.0. The van der Waals surface area contributed by atoms with Gasteiger partial charge in [0, 0.05) is 20.1 Å². The summed E-state index contributed by atoms with van der Waals surface area (Å²) in [7, 11) is 1.61. The average molecular weight is 682 g/mol. The van der Waals surface area contributed by atoms with Gasteiger partial charge in [0.25, 0.3) is 0 Å². The van der Waals surface area contributed by atoms with E-state index in [9.17, 15) is 19.5 Å². The van der Waals surface area contributed by atoms with Gasteiger partial charge in [0.1, 0.15) is 19.3 Å². The molecule has 0 unspecified atom stereocenters. The van der Waals surface area contributed by atoms with Crippen molar-refractivity contribution in [3.05, 3.63) is 0 Å². The van der Waals surface area contributed by atoms with Gasteiger partial charge >= 0.3 is 11.9 Å². The molecule has 9 atom stereocenters. The third-order valence-electron chi connectivity index (χ3n) is 12.7. The number of hydrogen-bond donors (Lipinski definition) is 2. The lowest BCUT2D eigenvalue weighted by Gasteiger charge is -2.61. The van der Waals surface area contributed by atoms with Crippen molar-refractivity contribution in [2.45, 2.75) is 97.5 Å². The topological polar surface area (TPSA) is 139 Å². The number of carboxylic acids is 1. The number of carbonyl (C=O) groups is 3. The molecule has 0 spiro atoms. The van der Waals surface area contributed by atoms with Crippen LogP contribution in [0.2, 0.25) is 0 Å². The van der Waals surface area contributed by atoms with Crippen LogP contribution in [0.4, 0.5) is 0 Å². The van der Waals surface area contributed by atoms with E-state index in [0.29, 0.717) is 74.8 Å². The van der Waals surface area contributed by atoms with Gasteiger partial charge in [-0.05, 0) is 111 Å². The van der Waals surface area contributed by atoms with Gasteiger partial charge in [0.15, 0.2) is 0 Å². The van der Waals surface area contributed by atoms with Crippen LogP contribution in [0.15, 0.2) is 0 Å². The molecule has 4 aliphatic carbocycles. The molecule has 0 aliphatic heterocycles. The van der Waals surface area contributed by atoms with Crippen molar-refractivity contribution in [3.8, 4) is 0 Å². The highest BCUT2D eigenvalue weighted by atomic mass is 16.6. The minimum absolute atomic E-state index is 0.0283. The van der Waals surface area contributed by atoms with E-state index < -0.39 is 5.97 Å². The number of methoxy groups -OCH3 is 1. The van der Waals surface area contributed by atoms with Crippen LogP contribution in [0.3, 0.4) is 0 Å². The Hall–Kier alpha value is -1.79. The Morgan fingerprint density at radius 1 is 0.792 bits per heavy atom. The molecule has 4 saturated carbocycles. The first-order chi connectivity index (χ1) is 23.1. The smallest absolute Gasteiger partial charge is 0.332 e. The number of esters is 1. The van der Waals surface area contributed by atoms with Gasteiger partial charge in [-0.2, -0.15) is 0 Å². The van der Waals surface area contributed by atoms with Gasteiger partial charge in [0.05, 0.1) is 46.2 Å². The number of rotatable bonds is 21. The monoisotopic (exact) mass is 681 g/mol. The molecular formula is C37H63NO10. The standard InChI is InChI=1S/C37H63NO10/c1-26(5-10-34(40)41)30-8-9-31-29-7-6-27-23-28(11-13-36(27,2)32(29)12-14-37(30,31)3)48-35(42)25-47-22-19-44-16-15-38-33(39)24-46-21-20-45-18-17-43-4/h26-32H,5-25H2,1-4H3,(H,38,39)(H,40,41)/t26-,27-,28+,29+,30-,31+,32+,36+,37-/m1/s1. The molecule has 2 N–H and O–H groups in total. The Kier molecular flexibility index (Phi) is 15.4. The van der Waals surface area contributed by atoms with E-state index in [2.05, 4.69) is 26.1 Å². The van der Waals surface area contributed by atoms with E-state index in [-0.39, 0.29) is 44.2 Å². The van der Waals surface area contributed by atoms with Gasteiger partial charge in [-0.25, -0.2) is 4.79 Å². The Morgan fingerprint density at radius 2 is 1.46 bits per heavy atom. The van der Waals surface area contributed by atoms with Crippen LogP contribution in [0.25, 0.3) is 0 Å². The summed E-state index contributed by atoms with van der Waals surface area (Å²) in [5.74, 6) is 2.75. The lowest BCUT2D eigenvalue weighted by molar-refractivity contribution is -0.167. The van der Waals surface area contributed by atoms with Crippen LogP contribution in [0.1, 0.15) is 91.4 Å². The summed E-state index contributed by atoms with van der Waals surface area (Å²) in [4.78, 5) is 35.6. The second kappa shape index (κ2) is 19.0. The quantitative estimate of drug-likeness (QED) is 0.127. The number of fused-ring (bicyclic) bond motifs is 5. The number of amides is 1. The molecule has 0 aromatic carbocycles. The van der Waals surface area contributed by atoms with Crippen LogP contribution in [0.5, 0.6) is 0 Å². The Morgan fingerprint density at radius 3 is 2.21 bits per heavy atom. The minimum Gasteiger partial charge on any atom is -0.481 e. The molecule has 48 heavy (non-hydrogen) atoms. The zero-order valence-electron chi connectivity index (χ0n) is 30.0. The van der Waals surface area contributed by atoms with Crippen molar-refractivity contribution < 1.29 is 47.9 Å². The highest BCUT2D eigenvalue weighted by Crippen LogP contribution is 2.68. The van der Waals surface area contributed by atoms with Gasteiger partial charge in [-0.3, -0.25) is 9.59 Å². The molecule has 11 nitrogen and oxygen atoms in total. The van der Waals surface area contributed by atoms with E-state index in [0.717, 1.165) is 43.4 Å². The van der Waals surface area contributed by atoms with Crippen LogP contribution in [-0.4, -0.2) is 102 Å². The predicted molar refractivity (Wildman–Crippen MR) is 179 cm³/mol. The van der Waals surface area contributed by atoms with Crippen molar-refractivity contribution in [1.29, 1.82) is 0 Å². The van der Waals surface area contributed by atoms with Crippen molar-refractivity contribution in [2.75, 3.05) is 73.1 Å². The molecular weight excluding hydrogens is 618 g/mol. The maximum absolute atomic E-state index is 12.6. The number of carbonyl (C=O) groups excluding carboxylic acids is 2. The SMILES string of the molecule is COCCOCCOCC(=O)NCCOCCOCC(=O)O[C@H]1CC[C@@]2(C)[C@H](CC[C@@H]3[C@@H]2CC[C@]2(C)[C@@H]([C@H](C)CCC(=O)O)CC[C@@H]32)C1. The molecule has 11 heteroatoms. The normalized spacial score (nSPS) is 33.2. The maximum Gasteiger partial charge on any atom is 0.332 e.